The number of aromatic nitrogens is 1. The number of hydrogen-bond acceptors (Lipinski definition) is 1. The van der Waals surface area contributed by atoms with Crippen molar-refractivity contribution in [2.45, 2.75) is 6.54 Å². The zero-order valence-corrected chi connectivity index (χ0v) is 11.0. The maximum absolute atomic E-state index is 11.0. The summed E-state index contributed by atoms with van der Waals surface area (Å²) in [6, 6.07) is 15.5. The molecule has 3 rings (SSSR count). The third-order valence-corrected chi connectivity index (χ3v) is 3.45. The first-order valence-corrected chi connectivity index (χ1v) is 6.43. The summed E-state index contributed by atoms with van der Waals surface area (Å²) in [5.41, 5.74) is 2.92. The minimum Gasteiger partial charge on any atom is -0.343 e. The maximum atomic E-state index is 11.0. The Morgan fingerprint density at radius 3 is 2.74 bits per heavy atom. The van der Waals surface area contributed by atoms with Crippen LogP contribution in [-0.2, 0) is 6.54 Å². The van der Waals surface area contributed by atoms with Crippen LogP contribution in [0.4, 0.5) is 0 Å². The number of fused-ring (bicyclic) bond motifs is 1. The molecule has 0 unspecified atom stereocenters. The Labute approximate surface area is 116 Å². The van der Waals surface area contributed by atoms with E-state index < -0.39 is 0 Å². The van der Waals surface area contributed by atoms with Gasteiger partial charge < -0.3 is 4.57 Å². The van der Waals surface area contributed by atoms with Crippen molar-refractivity contribution in [3.8, 4) is 0 Å². The van der Waals surface area contributed by atoms with Gasteiger partial charge in [0.2, 0.25) is 0 Å². The molecule has 0 aliphatic carbocycles. The molecule has 0 atom stereocenters. The van der Waals surface area contributed by atoms with Gasteiger partial charge in [0, 0.05) is 34.2 Å². The number of carbonyl (C=O) groups excluding carboxylic acids is 1. The summed E-state index contributed by atoms with van der Waals surface area (Å²) in [6.07, 6.45) is 2.89. The van der Waals surface area contributed by atoms with E-state index in [0.29, 0.717) is 0 Å². The Morgan fingerprint density at radius 1 is 1.11 bits per heavy atom. The number of aldehydes is 1. The van der Waals surface area contributed by atoms with Crippen molar-refractivity contribution in [2.24, 2.45) is 0 Å². The molecule has 94 valence electrons. The van der Waals surface area contributed by atoms with Crippen molar-refractivity contribution in [3.05, 3.63) is 70.9 Å². The van der Waals surface area contributed by atoms with Gasteiger partial charge in [-0.05, 0) is 29.8 Å². The summed E-state index contributed by atoms with van der Waals surface area (Å²) >= 11 is 6.00. The molecule has 3 aromatic rings. The maximum Gasteiger partial charge on any atom is 0.150 e. The van der Waals surface area contributed by atoms with E-state index in [1.807, 2.05) is 54.7 Å². The number of halogens is 1. The molecule has 0 fully saturated rings. The number of rotatable bonds is 3. The quantitative estimate of drug-likeness (QED) is 0.655. The third kappa shape index (κ3) is 2.27. The van der Waals surface area contributed by atoms with Crippen LogP contribution in [0.15, 0.2) is 54.7 Å². The second kappa shape index (κ2) is 4.90. The van der Waals surface area contributed by atoms with E-state index in [-0.39, 0.29) is 0 Å². The highest BCUT2D eigenvalue weighted by molar-refractivity contribution is 6.30. The normalized spacial score (nSPS) is 10.8. The molecule has 0 aliphatic heterocycles. The van der Waals surface area contributed by atoms with Crippen LogP contribution in [0, 0.1) is 0 Å². The molecule has 1 heterocycles. The minimum absolute atomic E-state index is 0.724. The van der Waals surface area contributed by atoms with Crippen LogP contribution >= 0.6 is 11.6 Å². The molecule has 0 saturated heterocycles. The SMILES string of the molecule is O=Cc1cccc2c1ccn2Cc1cccc(Cl)c1. The van der Waals surface area contributed by atoms with Crippen molar-refractivity contribution in [1.82, 2.24) is 4.57 Å². The summed E-state index contributed by atoms with van der Waals surface area (Å²) in [4.78, 5) is 11.0. The molecule has 2 aromatic carbocycles. The fourth-order valence-electron chi connectivity index (χ4n) is 2.32. The van der Waals surface area contributed by atoms with Crippen LogP contribution < -0.4 is 0 Å². The first-order chi connectivity index (χ1) is 9.28. The van der Waals surface area contributed by atoms with Crippen LogP contribution in [0.3, 0.4) is 0 Å². The summed E-state index contributed by atoms with van der Waals surface area (Å²) < 4.78 is 2.12. The smallest absolute Gasteiger partial charge is 0.150 e. The van der Waals surface area contributed by atoms with E-state index in [9.17, 15) is 4.79 Å². The molecule has 2 nitrogen and oxygen atoms in total. The Bertz CT molecular complexity index is 745. The molecule has 0 radical (unpaired) electrons. The van der Waals surface area contributed by atoms with Crippen LogP contribution in [0.2, 0.25) is 5.02 Å². The van der Waals surface area contributed by atoms with E-state index in [4.69, 9.17) is 11.6 Å². The fourth-order valence-corrected chi connectivity index (χ4v) is 2.53. The Balaban J connectivity index is 2.04. The lowest BCUT2D eigenvalue weighted by Crippen LogP contribution is -1.97. The van der Waals surface area contributed by atoms with Crippen molar-refractivity contribution < 1.29 is 4.79 Å². The second-order valence-corrected chi connectivity index (χ2v) is 4.91. The first kappa shape index (κ1) is 12.0. The molecular formula is C16H12ClNO. The van der Waals surface area contributed by atoms with Gasteiger partial charge >= 0.3 is 0 Å². The molecule has 0 amide bonds. The van der Waals surface area contributed by atoms with Gasteiger partial charge in [-0.3, -0.25) is 4.79 Å². The number of benzene rings is 2. The number of nitrogens with zero attached hydrogens (tertiary/aromatic N) is 1. The zero-order valence-electron chi connectivity index (χ0n) is 10.2. The Hall–Kier alpha value is -2.06. The van der Waals surface area contributed by atoms with Crippen molar-refractivity contribution in [2.75, 3.05) is 0 Å². The highest BCUT2D eigenvalue weighted by atomic mass is 35.5. The van der Waals surface area contributed by atoms with Gasteiger partial charge in [0.05, 0.1) is 0 Å². The molecule has 0 spiro atoms. The fraction of sp³-hybridized carbons (Fsp3) is 0.0625. The van der Waals surface area contributed by atoms with Gasteiger partial charge in [-0.15, -0.1) is 0 Å². The van der Waals surface area contributed by atoms with E-state index in [0.717, 1.165) is 39.9 Å². The van der Waals surface area contributed by atoms with Crippen molar-refractivity contribution >= 4 is 28.8 Å². The lowest BCUT2D eigenvalue weighted by molar-refractivity contribution is 0.112. The van der Waals surface area contributed by atoms with E-state index >= 15 is 0 Å². The van der Waals surface area contributed by atoms with E-state index in [2.05, 4.69) is 4.57 Å². The van der Waals surface area contributed by atoms with Gasteiger partial charge in [-0.1, -0.05) is 35.9 Å². The van der Waals surface area contributed by atoms with Crippen molar-refractivity contribution in [1.29, 1.82) is 0 Å². The average Bonchev–Trinajstić information content (AvgIpc) is 2.82. The van der Waals surface area contributed by atoms with Gasteiger partial charge in [0.1, 0.15) is 0 Å². The molecule has 0 N–H and O–H groups in total. The Morgan fingerprint density at radius 2 is 1.95 bits per heavy atom. The zero-order chi connectivity index (χ0) is 13.2. The molecule has 0 saturated carbocycles. The summed E-state index contributed by atoms with van der Waals surface area (Å²) in [5, 5.41) is 1.72. The predicted molar refractivity (Wildman–Crippen MR) is 77.9 cm³/mol. The minimum atomic E-state index is 0.724. The molecule has 0 bridgehead atoms. The second-order valence-electron chi connectivity index (χ2n) is 4.47. The van der Waals surface area contributed by atoms with Crippen molar-refractivity contribution in [3.63, 3.8) is 0 Å². The summed E-state index contributed by atoms with van der Waals surface area (Å²) in [6.45, 7) is 0.742. The van der Waals surface area contributed by atoms with Gasteiger partial charge in [0.25, 0.3) is 0 Å². The number of carbonyl (C=O) groups is 1. The molecule has 1 aromatic heterocycles. The predicted octanol–water partition coefficient (Wildman–Crippen LogP) is 4.16. The van der Waals surface area contributed by atoms with E-state index in [1.165, 1.54) is 0 Å². The molecule has 0 aliphatic rings. The van der Waals surface area contributed by atoms with Crippen LogP contribution in [0.25, 0.3) is 10.9 Å². The highest BCUT2D eigenvalue weighted by Gasteiger charge is 2.05. The number of hydrogen-bond donors (Lipinski definition) is 0. The van der Waals surface area contributed by atoms with Crippen LogP contribution in [0.5, 0.6) is 0 Å². The largest absolute Gasteiger partial charge is 0.343 e. The lowest BCUT2D eigenvalue weighted by Gasteiger charge is -2.06. The van der Waals surface area contributed by atoms with Gasteiger partial charge in [-0.2, -0.15) is 0 Å². The topological polar surface area (TPSA) is 22.0 Å². The third-order valence-electron chi connectivity index (χ3n) is 3.22. The standard InChI is InChI=1S/C16H12ClNO/c17-14-5-1-3-12(9-14)10-18-8-7-15-13(11-19)4-2-6-16(15)18/h1-9,11H,10H2. The van der Waals surface area contributed by atoms with Crippen LogP contribution in [0.1, 0.15) is 15.9 Å². The monoisotopic (exact) mass is 269 g/mol. The van der Waals surface area contributed by atoms with Gasteiger partial charge in [-0.25, -0.2) is 0 Å². The Kier molecular flexibility index (Phi) is 3.10. The molecular weight excluding hydrogens is 258 g/mol. The first-order valence-electron chi connectivity index (χ1n) is 6.05. The molecule has 3 heteroatoms. The molecule has 19 heavy (non-hydrogen) atoms. The highest BCUT2D eigenvalue weighted by Crippen LogP contribution is 2.21. The summed E-state index contributed by atoms with van der Waals surface area (Å²) in [7, 11) is 0. The van der Waals surface area contributed by atoms with Gasteiger partial charge in [0.15, 0.2) is 6.29 Å². The van der Waals surface area contributed by atoms with E-state index in [1.54, 1.807) is 0 Å². The summed E-state index contributed by atoms with van der Waals surface area (Å²) in [5.74, 6) is 0. The van der Waals surface area contributed by atoms with Crippen LogP contribution in [-0.4, -0.2) is 10.9 Å². The lowest BCUT2D eigenvalue weighted by atomic mass is 10.1. The average molecular weight is 270 g/mol.